The van der Waals surface area contributed by atoms with Gasteiger partial charge in [0, 0.05) is 6.42 Å². The average Bonchev–Trinajstić information content (AvgIpc) is 3.37. The largest absolute Gasteiger partial charge is 0.383 e. The summed E-state index contributed by atoms with van der Waals surface area (Å²) in [5.41, 5.74) is 0. The first-order chi connectivity index (χ1) is 18.4. The fourth-order valence-corrected chi connectivity index (χ4v) is 9.21. The maximum atomic E-state index is 17.4. The Morgan fingerprint density at radius 1 is 1.10 bits per heavy atom. The summed E-state index contributed by atoms with van der Waals surface area (Å²) in [7, 11) is -9.96. The van der Waals surface area contributed by atoms with E-state index in [1.165, 1.54) is 50.3 Å². The Labute approximate surface area is 229 Å². The molecule has 0 aromatic heterocycles. The van der Waals surface area contributed by atoms with Gasteiger partial charge in [0.25, 0.3) is 0 Å². The lowest BCUT2D eigenvalue weighted by Gasteiger charge is -2.37. The first-order valence-corrected chi connectivity index (χ1v) is 15.8. The molecule has 1 aromatic rings. The molecule has 0 radical (unpaired) electrons. The average molecular weight is 593 g/mol. The number of hydrogen-bond acceptors (Lipinski definition) is 10. The van der Waals surface area contributed by atoms with Crippen molar-refractivity contribution in [2.45, 2.75) is 80.2 Å². The van der Waals surface area contributed by atoms with Crippen LogP contribution in [0.4, 0.5) is 4.39 Å². The van der Waals surface area contributed by atoms with Crippen molar-refractivity contribution >= 4 is 17.4 Å². The quantitative estimate of drug-likeness (QED) is 0.197. The van der Waals surface area contributed by atoms with Gasteiger partial charge in [-0.1, -0.05) is 30.4 Å². The van der Waals surface area contributed by atoms with Crippen LogP contribution in [-0.2, 0) is 47.1 Å². The Balaban J connectivity index is 2.11. The minimum Gasteiger partial charge on any atom is -0.371 e. The summed E-state index contributed by atoms with van der Waals surface area (Å²) < 4.78 is 95.9. The van der Waals surface area contributed by atoms with Crippen LogP contribution in [0, 0.1) is 0 Å². The maximum Gasteiger partial charge on any atom is 0.383 e. The summed E-state index contributed by atoms with van der Waals surface area (Å²) in [6, 6.07) is 6.86. The van der Waals surface area contributed by atoms with E-state index in [2.05, 4.69) is 13.2 Å². The normalized spacial score (nSPS) is 27.0. The molecule has 0 N–H and O–H groups in total. The van der Waals surface area contributed by atoms with Gasteiger partial charge in [-0.15, -0.1) is 13.2 Å². The van der Waals surface area contributed by atoms with E-state index in [9.17, 15) is 13.0 Å². The third-order valence-corrected chi connectivity index (χ3v) is 11.6. The smallest absolute Gasteiger partial charge is 0.371 e. The predicted octanol–water partition coefficient (Wildman–Crippen LogP) is 4.76. The zero-order valence-electron chi connectivity index (χ0n) is 22.7. The van der Waals surface area contributed by atoms with Crippen molar-refractivity contribution in [3.05, 3.63) is 55.6 Å². The molecule has 0 aliphatic carbocycles. The molecule has 3 rings (SSSR count). The molecule has 1 unspecified atom stereocenters. The van der Waals surface area contributed by atoms with Crippen molar-refractivity contribution in [1.29, 1.82) is 0 Å². The highest BCUT2D eigenvalue weighted by Gasteiger charge is 2.66. The maximum absolute atomic E-state index is 17.4. The molecule has 2 aliphatic rings. The van der Waals surface area contributed by atoms with Gasteiger partial charge in [0.2, 0.25) is 9.84 Å². The summed E-state index contributed by atoms with van der Waals surface area (Å²) >= 11 is 0. The molecule has 2 heterocycles. The number of alkyl halides is 1. The van der Waals surface area contributed by atoms with E-state index in [0.29, 0.717) is 0 Å². The monoisotopic (exact) mass is 592 g/mol. The number of benzene rings is 1. The molecule has 13 heteroatoms. The van der Waals surface area contributed by atoms with E-state index in [1.807, 2.05) is 0 Å². The highest BCUT2D eigenvalue weighted by Crippen LogP contribution is 2.66. The van der Waals surface area contributed by atoms with Gasteiger partial charge in [-0.2, -0.15) is 0 Å². The van der Waals surface area contributed by atoms with Gasteiger partial charge < -0.3 is 32.7 Å². The molecule has 2 fully saturated rings. The van der Waals surface area contributed by atoms with Gasteiger partial charge in [-0.05, 0) is 39.8 Å². The van der Waals surface area contributed by atoms with E-state index >= 15 is 4.39 Å². The topological polar surface area (TPSA) is 116 Å². The second-order valence-electron chi connectivity index (χ2n) is 9.36. The summed E-state index contributed by atoms with van der Waals surface area (Å²) in [5, 5.41) is 0. The number of halogens is 1. The van der Waals surface area contributed by atoms with Gasteiger partial charge in [0.05, 0.1) is 37.4 Å². The third kappa shape index (κ3) is 6.55. The molecule has 2 aliphatic heterocycles. The lowest BCUT2D eigenvalue weighted by atomic mass is 10.0. The molecule has 220 valence electrons. The van der Waals surface area contributed by atoms with Crippen LogP contribution in [0.2, 0.25) is 0 Å². The minimum absolute atomic E-state index is 0.0885. The molecule has 10 nitrogen and oxygen atoms in total. The molecular weight excluding hydrogens is 554 g/mol. The Bertz CT molecular complexity index is 1120. The molecule has 1 aromatic carbocycles. The SMILES string of the molecule is C=CCO[C@@H]1[C@H]2OC(C)(C)O[C@H]2O[C@@H]1[C@@H](CC(F)(P(=O)(OCC)OCC)S(=O)(=O)c1ccccc1)OCC=C. The van der Waals surface area contributed by atoms with Crippen molar-refractivity contribution in [3.63, 3.8) is 0 Å². The van der Waals surface area contributed by atoms with Crippen LogP contribution in [0.5, 0.6) is 0 Å². The predicted molar refractivity (Wildman–Crippen MR) is 142 cm³/mol. The van der Waals surface area contributed by atoms with Crippen LogP contribution < -0.4 is 0 Å². The van der Waals surface area contributed by atoms with Crippen molar-refractivity contribution < 1.29 is 50.1 Å². The van der Waals surface area contributed by atoms with Crippen molar-refractivity contribution in [2.24, 2.45) is 0 Å². The lowest BCUT2D eigenvalue weighted by Crippen LogP contribution is -2.48. The van der Waals surface area contributed by atoms with Gasteiger partial charge in [0.15, 0.2) is 12.1 Å². The second kappa shape index (κ2) is 13.0. The van der Waals surface area contributed by atoms with E-state index in [4.69, 9.17) is 32.7 Å². The molecule has 2 saturated heterocycles. The number of fused-ring (bicyclic) bond motifs is 1. The first-order valence-electron chi connectivity index (χ1n) is 12.7. The van der Waals surface area contributed by atoms with Crippen molar-refractivity contribution in [1.82, 2.24) is 0 Å². The van der Waals surface area contributed by atoms with Gasteiger partial charge in [-0.3, -0.25) is 4.57 Å². The van der Waals surface area contributed by atoms with Crippen LogP contribution in [0.15, 0.2) is 60.5 Å². The molecule has 39 heavy (non-hydrogen) atoms. The minimum atomic E-state index is -4.98. The molecule has 6 atom stereocenters. The Hall–Kier alpha value is -1.47. The molecule has 0 saturated carbocycles. The van der Waals surface area contributed by atoms with Crippen LogP contribution in [-0.4, -0.2) is 76.1 Å². The van der Waals surface area contributed by atoms with E-state index in [1.54, 1.807) is 19.9 Å². The second-order valence-corrected chi connectivity index (χ2v) is 14.0. The Morgan fingerprint density at radius 3 is 2.28 bits per heavy atom. The summed E-state index contributed by atoms with van der Waals surface area (Å²) in [5.74, 6) is -0.978. The molecule has 0 spiro atoms. The van der Waals surface area contributed by atoms with Crippen LogP contribution in [0.1, 0.15) is 34.1 Å². The highest BCUT2D eigenvalue weighted by atomic mass is 32.2. The number of sulfone groups is 1. The number of ether oxygens (including phenoxy) is 5. The fraction of sp³-hybridized carbons (Fsp3) is 0.615. The molecular formula is C26H38FO10PS. The summed E-state index contributed by atoms with van der Waals surface area (Å²) in [6.45, 7) is 13.1. The fourth-order valence-electron chi connectivity index (χ4n) is 4.60. The summed E-state index contributed by atoms with van der Waals surface area (Å²) in [4.78, 5) is -0.397. The zero-order chi connectivity index (χ0) is 28.9. The highest BCUT2D eigenvalue weighted by molar-refractivity contribution is 7.99. The lowest BCUT2D eigenvalue weighted by molar-refractivity contribution is -0.232. The third-order valence-electron chi connectivity index (χ3n) is 6.15. The van der Waals surface area contributed by atoms with Crippen molar-refractivity contribution in [3.8, 4) is 0 Å². The number of hydrogen-bond donors (Lipinski definition) is 0. The standard InChI is InChI=1S/C26H38FO10PS/c1-7-16-31-20(21-22(32-17-8-2)23-24(35-21)37-25(5,6)36-23)18-26(27,38(28,33-9-3)34-10-4)39(29,30)19-14-12-11-13-15-19/h7-8,11-15,20-24H,1-2,9-10,16-18H2,3-6H3/t20-,21-,22+,23-,24-,26?/m1/s1. The van der Waals surface area contributed by atoms with Gasteiger partial charge in [-0.25, -0.2) is 12.8 Å². The van der Waals surface area contributed by atoms with Crippen molar-refractivity contribution in [2.75, 3.05) is 26.4 Å². The van der Waals surface area contributed by atoms with E-state index in [-0.39, 0.29) is 26.4 Å². The van der Waals surface area contributed by atoms with Crippen LogP contribution in [0.3, 0.4) is 0 Å². The number of rotatable bonds is 16. The van der Waals surface area contributed by atoms with Crippen LogP contribution >= 0.6 is 7.60 Å². The van der Waals surface area contributed by atoms with Gasteiger partial charge >= 0.3 is 12.3 Å². The Kier molecular flexibility index (Phi) is 10.7. The van der Waals surface area contributed by atoms with E-state index in [0.717, 1.165) is 0 Å². The van der Waals surface area contributed by atoms with Crippen LogP contribution in [0.25, 0.3) is 0 Å². The first kappa shape index (κ1) is 32.0. The zero-order valence-corrected chi connectivity index (χ0v) is 24.4. The summed E-state index contributed by atoms with van der Waals surface area (Å²) in [6.07, 6.45) is -2.98. The molecule has 0 bridgehead atoms. The van der Waals surface area contributed by atoms with E-state index < -0.39 is 70.0 Å². The van der Waals surface area contributed by atoms with Gasteiger partial charge in [0.1, 0.15) is 18.3 Å². The Morgan fingerprint density at radius 2 is 1.72 bits per heavy atom. The molecule has 0 amide bonds.